The fourth-order valence-corrected chi connectivity index (χ4v) is 7.88. The minimum absolute atomic E-state index is 0.0672. The molecule has 5 nitrogen and oxygen atoms in total. The number of hydrogen-bond donors (Lipinski definition) is 0. The van der Waals surface area contributed by atoms with Gasteiger partial charge in [0, 0.05) is 24.5 Å². The van der Waals surface area contributed by atoms with Crippen molar-refractivity contribution in [2.45, 2.75) is 71.8 Å². The Morgan fingerprint density at radius 2 is 1.88 bits per heavy atom. The van der Waals surface area contributed by atoms with Crippen LogP contribution in [0.25, 0.3) is 16.7 Å². The van der Waals surface area contributed by atoms with Crippen LogP contribution in [-0.4, -0.2) is 27.1 Å². The fourth-order valence-electron chi connectivity index (χ4n) is 7.88. The van der Waals surface area contributed by atoms with Gasteiger partial charge in [-0.15, -0.1) is 5.10 Å². The number of carbonyl (C=O) groups is 1. The molecule has 5 heteroatoms. The van der Waals surface area contributed by atoms with Crippen molar-refractivity contribution >= 4 is 22.7 Å². The molecule has 2 saturated carbocycles. The maximum atomic E-state index is 11.5. The molecule has 0 bridgehead atoms. The SMILES string of the molecule is CC(=O)O[C@H]1CC[C@@]2(C)C(=CCC3C2CC[C@]2(C)C(n4nnc5ccccc54)=CCC32)C1. The van der Waals surface area contributed by atoms with Crippen LogP contribution in [0.15, 0.2) is 42.0 Å². The van der Waals surface area contributed by atoms with Crippen LogP contribution in [0.5, 0.6) is 0 Å². The topological polar surface area (TPSA) is 57.0 Å². The molecule has 6 rings (SSSR count). The van der Waals surface area contributed by atoms with Gasteiger partial charge in [-0.1, -0.05) is 48.9 Å². The van der Waals surface area contributed by atoms with Crippen LogP contribution < -0.4 is 0 Å². The molecule has 0 saturated heterocycles. The van der Waals surface area contributed by atoms with Crippen molar-refractivity contribution in [3.05, 3.63) is 42.0 Å². The second kappa shape index (κ2) is 7.03. The Morgan fingerprint density at radius 1 is 1.06 bits per heavy atom. The zero-order valence-corrected chi connectivity index (χ0v) is 19.4. The minimum Gasteiger partial charge on any atom is -0.462 e. The Morgan fingerprint density at radius 3 is 2.72 bits per heavy atom. The Labute approximate surface area is 189 Å². The summed E-state index contributed by atoms with van der Waals surface area (Å²) in [6, 6.07) is 8.29. The number of allylic oxidation sites excluding steroid dienone is 3. The van der Waals surface area contributed by atoms with Crippen molar-refractivity contribution < 1.29 is 9.53 Å². The number of hydrogen-bond acceptors (Lipinski definition) is 4. The molecule has 1 aromatic heterocycles. The first-order chi connectivity index (χ1) is 15.4. The van der Waals surface area contributed by atoms with Crippen molar-refractivity contribution in [1.29, 1.82) is 0 Å². The van der Waals surface area contributed by atoms with Gasteiger partial charge in [0.15, 0.2) is 0 Å². The first-order valence-corrected chi connectivity index (χ1v) is 12.3. The van der Waals surface area contributed by atoms with Crippen LogP contribution in [0, 0.1) is 28.6 Å². The van der Waals surface area contributed by atoms with E-state index in [9.17, 15) is 4.79 Å². The number of esters is 1. The van der Waals surface area contributed by atoms with Crippen molar-refractivity contribution in [2.75, 3.05) is 0 Å². The number of benzene rings is 1. The predicted octanol–water partition coefficient (Wildman–Crippen LogP) is 5.78. The van der Waals surface area contributed by atoms with E-state index in [0.29, 0.717) is 11.8 Å². The summed E-state index contributed by atoms with van der Waals surface area (Å²) in [5.74, 6) is 1.93. The third-order valence-electron chi connectivity index (χ3n) is 9.51. The number of ether oxygens (including phenoxy) is 1. The molecule has 1 heterocycles. The summed E-state index contributed by atoms with van der Waals surface area (Å²) < 4.78 is 7.71. The Hall–Kier alpha value is -2.43. The molecular formula is C27H33N3O2. The van der Waals surface area contributed by atoms with Crippen molar-refractivity contribution in [3.8, 4) is 0 Å². The molecule has 6 atom stereocenters. The van der Waals surface area contributed by atoms with Gasteiger partial charge in [-0.2, -0.15) is 0 Å². The van der Waals surface area contributed by atoms with E-state index in [1.165, 1.54) is 25.5 Å². The molecule has 0 radical (unpaired) electrons. The summed E-state index contributed by atoms with van der Waals surface area (Å²) in [6.07, 6.45) is 12.8. The van der Waals surface area contributed by atoms with E-state index in [0.717, 1.165) is 49.1 Å². The average molecular weight is 432 g/mol. The molecule has 1 aromatic carbocycles. The third-order valence-corrected chi connectivity index (χ3v) is 9.51. The maximum Gasteiger partial charge on any atom is 0.302 e. The van der Waals surface area contributed by atoms with Gasteiger partial charge >= 0.3 is 5.97 Å². The molecule has 168 valence electrons. The van der Waals surface area contributed by atoms with Gasteiger partial charge < -0.3 is 4.74 Å². The van der Waals surface area contributed by atoms with Gasteiger partial charge in [-0.05, 0) is 73.8 Å². The smallest absolute Gasteiger partial charge is 0.302 e. The summed E-state index contributed by atoms with van der Waals surface area (Å²) in [7, 11) is 0. The van der Waals surface area contributed by atoms with Crippen LogP contribution in [0.4, 0.5) is 0 Å². The maximum absolute atomic E-state index is 11.5. The molecule has 3 unspecified atom stereocenters. The summed E-state index contributed by atoms with van der Waals surface area (Å²) >= 11 is 0. The summed E-state index contributed by atoms with van der Waals surface area (Å²) in [4.78, 5) is 11.5. The monoisotopic (exact) mass is 431 g/mol. The van der Waals surface area contributed by atoms with E-state index in [2.05, 4.69) is 53.1 Å². The van der Waals surface area contributed by atoms with Crippen LogP contribution in [-0.2, 0) is 9.53 Å². The second-order valence-corrected chi connectivity index (χ2v) is 11.0. The molecule has 2 aromatic rings. The van der Waals surface area contributed by atoms with Crippen LogP contribution in [0.2, 0.25) is 0 Å². The van der Waals surface area contributed by atoms with Gasteiger partial charge in [0.25, 0.3) is 0 Å². The lowest BCUT2D eigenvalue weighted by atomic mass is 9.48. The normalized spacial score (nSPS) is 38.3. The summed E-state index contributed by atoms with van der Waals surface area (Å²) in [6.45, 7) is 6.50. The lowest BCUT2D eigenvalue weighted by Gasteiger charge is -2.57. The Kier molecular flexibility index (Phi) is 4.44. The van der Waals surface area contributed by atoms with E-state index in [-0.39, 0.29) is 22.9 Å². The summed E-state index contributed by atoms with van der Waals surface area (Å²) in [5, 5.41) is 9.01. The quantitative estimate of drug-likeness (QED) is 0.447. The zero-order chi connectivity index (χ0) is 22.1. The standard InChI is InChI=1S/C27H33N3O2/c1-17(31)32-19-12-14-26(2)18(16-19)8-9-20-21-10-11-25(27(21,3)15-13-22(20)26)30-24-7-5-4-6-23(24)28-29-30/h4-8,11,19-22H,9-10,12-16H2,1-3H3/t19-,20?,21?,22?,26-,27-/m0/s1. The number of rotatable bonds is 2. The number of para-hydroxylation sites is 1. The Balaban J connectivity index is 1.30. The first kappa shape index (κ1) is 20.2. The van der Waals surface area contributed by atoms with Crippen molar-refractivity contribution in [1.82, 2.24) is 15.0 Å². The van der Waals surface area contributed by atoms with Gasteiger partial charge in [0.1, 0.15) is 11.6 Å². The minimum atomic E-state index is -0.147. The molecule has 2 fully saturated rings. The lowest BCUT2D eigenvalue weighted by molar-refractivity contribution is -0.148. The molecule has 4 aliphatic rings. The second-order valence-electron chi connectivity index (χ2n) is 11.0. The number of aromatic nitrogens is 3. The number of nitrogens with zero attached hydrogens (tertiary/aromatic N) is 3. The van der Waals surface area contributed by atoms with Crippen LogP contribution >= 0.6 is 0 Å². The lowest BCUT2D eigenvalue weighted by Crippen LogP contribution is -2.50. The fraction of sp³-hybridized carbons (Fsp3) is 0.593. The van der Waals surface area contributed by atoms with E-state index in [4.69, 9.17) is 4.74 Å². The van der Waals surface area contributed by atoms with Gasteiger partial charge in [-0.3, -0.25) is 4.79 Å². The van der Waals surface area contributed by atoms with E-state index >= 15 is 0 Å². The van der Waals surface area contributed by atoms with Crippen LogP contribution in [0.1, 0.15) is 65.7 Å². The average Bonchev–Trinajstić information content (AvgIpc) is 3.34. The molecule has 32 heavy (non-hydrogen) atoms. The van der Waals surface area contributed by atoms with Crippen molar-refractivity contribution in [3.63, 3.8) is 0 Å². The molecule has 4 aliphatic carbocycles. The van der Waals surface area contributed by atoms with E-state index < -0.39 is 0 Å². The van der Waals surface area contributed by atoms with Gasteiger partial charge in [-0.25, -0.2) is 4.68 Å². The van der Waals surface area contributed by atoms with Gasteiger partial charge in [0.05, 0.1) is 5.52 Å². The van der Waals surface area contributed by atoms with E-state index in [1.807, 2.05) is 12.1 Å². The molecule has 0 amide bonds. The Bertz CT molecular complexity index is 1150. The molecule has 0 spiro atoms. The highest BCUT2D eigenvalue weighted by atomic mass is 16.5. The summed E-state index contributed by atoms with van der Waals surface area (Å²) in [5.41, 5.74) is 5.39. The highest BCUT2D eigenvalue weighted by molar-refractivity contribution is 5.79. The molecular weight excluding hydrogens is 398 g/mol. The van der Waals surface area contributed by atoms with Crippen LogP contribution in [0.3, 0.4) is 0 Å². The van der Waals surface area contributed by atoms with Gasteiger partial charge in [0.2, 0.25) is 0 Å². The molecule has 0 N–H and O–H groups in total. The highest BCUT2D eigenvalue weighted by Crippen LogP contribution is 2.65. The third kappa shape index (κ3) is 2.79. The predicted molar refractivity (Wildman–Crippen MR) is 124 cm³/mol. The number of fused-ring (bicyclic) bond motifs is 6. The highest BCUT2D eigenvalue weighted by Gasteiger charge is 2.57. The number of carbonyl (C=O) groups excluding carboxylic acids is 1. The molecule has 0 aliphatic heterocycles. The van der Waals surface area contributed by atoms with Crippen molar-refractivity contribution in [2.24, 2.45) is 28.6 Å². The van der Waals surface area contributed by atoms with E-state index in [1.54, 1.807) is 5.57 Å². The first-order valence-electron chi connectivity index (χ1n) is 12.3. The zero-order valence-electron chi connectivity index (χ0n) is 19.4. The largest absolute Gasteiger partial charge is 0.462 e.